The van der Waals surface area contributed by atoms with Gasteiger partial charge in [0.05, 0.1) is 12.7 Å². The number of tetrazole rings is 1. The van der Waals surface area contributed by atoms with E-state index in [0.717, 1.165) is 30.8 Å². The van der Waals surface area contributed by atoms with Crippen molar-refractivity contribution in [2.24, 2.45) is 30.0 Å². The highest BCUT2D eigenvalue weighted by molar-refractivity contribution is 5.17. The predicted octanol–water partition coefficient (Wildman–Crippen LogP) is 3.91. The third-order valence-corrected chi connectivity index (χ3v) is 7.00. The van der Waals surface area contributed by atoms with Gasteiger partial charge in [-0.05, 0) is 54.2 Å². The molecule has 7 heteroatoms. The molecule has 0 bridgehead atoms. The van der Waals surface area contributed by atoms with Crippen molar-refractivity contribution >= 4 is 0 Å². The zero-order chi connectivity index (χ0) is 22.3. The number of aromatic amines is 1. The molecule has 0 amide bonds. The van der Waals surface area contributed by atoms with Crippen molar-refractivity contribution in [1.29, 1.82) is 0 Å². The normalized spacial score (nSPS) is 23.7. The topological polar surface area (TPSA) is 98.3 Å². The smallest absolute Gasteiger partial charge is 0.180 e. The summed E-state index contributed by atoms with van der Waals surface area (Å²) in [7, 11) is 1.82. The number of hydrogen-bond donors (Lipinski definition) is 2. The molecule has 1 saturated carbocycles. The molecule has 30 heavy (non-hydrogen) atoms. The van der Waals surface area contributed by atoms with Gasteiger partial charge >= 0.3 is 0 Å². The van der Waals surface area contributed by atoms with E-state index >= 15 is 0 Å². The maximum atomic E-state index is 6.77. The largest absolute Gasteiger partial charge is 0.327 e. The van der Waals surface area contributed by atoms with Gasteiger partial charge in [0.1, 0.15) is 0 Å². The molecular formula is C23H41N7. The number of rotatable bonds is 6. The van der Waals surface area contributed by atoms with Gasteiger partial charge in [-0.15, -0.1) is 10.2 Å². The van der Waals surface area contributed by atoms with Crippen molar-refractivity contribution in [2.75, 3.05) is 0 Å². The van der Waals surface area contributed by atoms with E-state index in [1.807, 2.05) is 7.05 Å². The summed E-state index contributed by atoms with van der Waals surface area (Å²) < 4.78 is 0. The molecule has 3 atom stereocenters. The number of aromatic nitrogens is 6. The molecule has 168 valence electrons. The summed E-state index contributed by atoms with van der Waals surface area (Å²) in [6, 6.07) is 2.44. The van der Waals surface area contributed by atoms with E-state index in [1.54, 1.807) is 4.80 Å². The number of aryl methyl sites for hydroxylation is 1. The van der Waals surface area contributed by atoms with E-state index in [1.165, 1.54) is 18.5 Å². The van der Waals surface area contributed by atoms with E-state index in [-0.39, 0.29) is 22.3 Å². The second kappa shape index (κ2) is 8.06. The van der Waals surface area contributed by atoms with Crippen LogP contribution in [-0.2, 0) is 24.3 Å². The van der Waals surface area contributed by atoms with Crippen LogP contribution in [0.4, 0.5) is 0 Å². The first kappa shape index (κ1) is 22.9. The molecule has 3 rings (SSSR count). The summed E-state index contributed by atoms with van der Waals surface area (Å²) in [6.45, 7) is 15.8. The number of nitrogens with zero attached hydrogens (tertiary/aromatic N) is 5. The van der Waals surface area contributed by atoms with Crippen LogP contribution < -0.4 is 5.73 Å². The van der Waals surface area contributed by atoms with Gasteiger partial charge in [-0.2, -0.15) is 9.90 Å². The fraction of sp³-hybridized carbons (Fsp3) is 0.826. The van der Waals surface area contributed by atoms with E-state index in [0.29, 0.717) is 11.8 Å². The molecule has 1 fully saturated rings. The molecule has 0 aromatic carbocycles. The Kier molecular flexibility index (Phi) is 6.16. The van der Waals surface area contributed by atoms with Crippen LogP contribution >= 0.6 is 0 Å². The van der Waals surface area contributed by atoms with Gasteiger partial charge in [0, 0.05) is 22.6 Å². The van der Waals surface area contributed by atoms with Crippen molar-refractivity contribution in [3.05, 3.63) is 23.3 Å². The highest BCUT2D eigenvalue weighted by atomic mass is 15.6. The molecule has 2 heterocycles. The predicted molar refractivity (Wildman–Crippen MR) is 120 cm³/mol. The zero-order valence-electron chi connectivity index (χ0n) is 20.2. The first-order valence-electron chi connectivity index (χ1n) is 11.3. The van der Waals surface area contributed by atoms with Crippen LogP contribution in [0.3, 0.4) is 0 Å². The maximum Gasteiger partial charge on any atom is 0.180 e. The van der Waals surface area contributed by atoms with Gasteiger partial charge in [0.25, 0.3) is 0 Å². The van der Waals surface area contributed by atoms with Crippen molar-refractivity contribution < 1.29 is 0 Å². The maximum absolute atomic E-state index is 6.77. The van der Waals surface area contributed by atoms with Gasteiger partial charge in [-0.25, -0.2) is 0 Å². The lowest BCUT2D eigenvalue weighted by Gasteiger charge is -2.44. The summed E-state index contributed by atoms with van der Waals surface area (Å²) >= 11 is 0. The molecule has 1 aliphatic carbocycles. The average molecular weight is 416 g/mol. The van der Waals surface area contributed by atoms with Crippen molar-refractivity contribution in [2.45, 2.75) is 97.4 Å². The molecular weight excluding hydrogens is 374 g/mol. The summed E-state index contributed by atoms with van der Waals surface area (Å²) in [5.41, 5.74) is 9.24. The summed E-state index contributed by atoms with van der Waals surface area (Å²) in [5.74, 6) is 1.93. The van der Waals surface area contributed by atoms with Gasteiger partial charge in [0.2, 0.25) is 0 Å². The molecule has 0 aliphatic heterocycles. The fourth-order valence-electron chi connectivity index (χ4n) is 5.26. The molecule has 2 aromatic heterocycles. The van der Waals surface area contributed by atoms with Gasteiger partial charge in [0.15, 0.2) is 5.82 Å². The minimum absolute atomic E-state index is 0.0839. The number of H-pyrrole nitrogens is 1. The summed E-state index contributed by atoms with van der Waals surface area (Å²) in [6.07, 6.45) is 5.44. The summed E-state index contributed by atoms with van der Waals surface area (Å²) in [4.78, 5) is 1.54. The monoisotopic (exact) mass is 415 g/mol. The molecule has 7 nitrogen and oxygen atoms in total. The zero-order valence-corrected chi connectivity index (χ0v) is 20.2. The third kappa shape index (κ3) is 5.10. The van der Waals surface area contributed by atoms with Crippen LogP contribution in [0.15, 0.2) is 6.07 Å². The van der Waals surface area contributed by atoms with Gasteiger partial charge in [-0.1, -0.05) is 54.9 Å². The van der Waals surface area contributed by atoms with E-state index in [9.17, 15) is 0 Å². The third-order valence-electron chi connectivity index (χ3n) is 7.00. The number of hydrogen-bond acceptors (Lipinski definition) is 5. The highest BCUT2D eigenvalue weighted by Gasteiger charge is 2.40. The van der Waals surface area contributed by atoms with E-state index in [4.69, 9.17) is 5.73 Å². The van der Waals surface area contributed by atoms with Gasteiger partial charge < -0.3 is 5.73 Å². The average Bonchev–Trinajstić information content (AvgIpc) is 3.23. The Balaban J connectivity index is 1.62. The molecule has 0 saturated heterocycles. The quantitative estimate of drug-likeness (QED) is 0.745. The molecule has 2 aromatic rings. The summed E-state index contributed by atoms with van der Waals surface area (Å²) in [5, 5.41) is 20.5. The Morgan fingerprint density at radius 1 is 1.13 bits per heavy atom. The van der Waals surface area contributed by atoms with Crippen LogP contribution in [0.5, 0.6) is 0 Å². The molecule has 3 N–H and O–H groups in total. The Bertz CT molecular complexity index is 840. The minimum Gasteiger partial charge on any atom is -0.327 e. The second-order valence-corrected chi connectivity index (χ2v) is 11.8. The first-order chi connectivity index (χ1) is 13.8. The lowest BCUT2D eigenvalue weighted by atomic mass is 9.63. The Morgan fingerprint density at radius 2 is 1.83 bits per heavy atom. The Labute approximate surface area is 181 Å². The van der Waals surface area contributed by atoms with Crippen molar-refractivity contribution in [3.63, 3.8) is 0 Å². The van der Waals surface area contributed by atoms with Crippen molar-refractivity contribution in [3.8, 4) is 0 Å². The van der Waals surface area contributed by atoms with E-state index in [2.05, 4.69) is 80.1 Å². The second-order valence-electron chi connectivity index (χ2n) is 11.8. The Hall–Kier alpha value is -1.76. The minimum atomic E-state index is -0.0839. The van der Waals surface area contributed by atoms with Crippen LogP contribution in [0.2, 0.25) is 0 Å². The molecule has 0 spiro atoms. The lowest BCUT2D eigenvalue weighted by molar-refractivity contribution is 0.0978. The lowest BCUT2D eigenvalue weighted by Crippen LogP contribution is -2.45. The van der Waals surface area contributed by atoms with Crippen LogP contribution in [0.25, 0.3) is 0 Å². The standard InChI is InChI=1S/C23H41N7/c1-21(2,3)19-12-16(25-26-19)14-22(4,5)17-10-9-15(11-18(17)24)13-23(6,7)20-27-29-30(8)28-20/h12,15,17-18H,9-11,13-14,24H2,1-8H3,(H,25,26). The Morgan fingerprint density at radius 3 is 2.37 bits per heavy atom. The fourth-order valence-corrected chi connectivity index (χ4v) is 5.26. The SMILES string of the molecule is Cn1nnc(C(C)(C)CC2CCC(C(C)(C)Cc3cc(C(C)(C)C)[nH]n3)C(N)C2)n1. The van der Waals surface area contributed by atoms with Crippen LogP contribution in [0.1, 0.15) is 91.4 Å². The molecule has 1 aliphatic rings. The van der Waals surface area contributed by atoms with Crippen LogP contribution in [-0.4, -0.2) is 36.4 Å². The van der Waals surface area contributed by atoms with E-state index < -0.39 is 0 Å². The number of nitrogens with two attached hydrogens (primary N) is 1. The highest BCUT2D eigenvalue weighted by Crippen LogP contribution is 2.44. The van der Waals surface area contributed by atoms with Crippen LogP contribution in [0, 0.1) is 17.3 Å². The van der Waals surface area contributed by atoms with Crippen molar-refractivity contribution in [1.82, 2.24) is 30.4 Å². The first-order valence-corrected chi connectivity index (χ1v) is 11.3. The van der Waals surface area contributed by atoms with Gasteiger partial charge in [-0.3, -0.25) is 5.10 Å². The molecule has 3 unspecified atom stereocenters. The number of nitrogens with one attached hydrogen (secondary N) is 1. The molecule has 0 radical (unpaired) electrons.